The van der Waals surface area contributed by atoms with Crippen LogP contribution in [0.15, 0.2) is 6.33 Å². The molecule has 0 aliphatic heterocycles. The lowest BCUT2D eigenvalue weighted by atomic mass is 10.1. The first-order valence-corrected chi connectivity index (χ1v) is 5.37. The summed E-state index contributed by atoms with van der Waals surface area (Å²) in [4.78, 5) is 18.3. The summed E-state index contributed by atoms with van der Waals surface area (Å²) in [6, 6.07) is 0. The molecule has 0 fully saturated rings. The number of carbonyl (C=O) groups is 1. The maximum Gasteiger partial charge on any atom is 0.220 e. The van der Waals surface area contributed by atoms with E-state index in [0.29, 0.717) is 5.39 Å². The zero-order valence-electron chi connectivity index (χ0n) is 9.04. The summed E-state index contributed by atoms with van der Waals surface area (Å²) in [7, 11) is 0. The molecule has 0 aromatic carbocycles. The van der Waals surface area contributed by atoms with Crippen LogP contribution < -0.4 is 5.73 Å². The first kappa shape index (κ1) is 12.7. The topological polar surface area (TPSA) is 138 Å². The van der Waals surface area contributed by atoms with E-state index in [2.05, 4.69) is 20.2 Å². The number of aromatic amines is 1. The van der Waals surface area contributed by atoms with Crippen LogP contribution in [0.25, 0.3) is 11.0 Å². The molecule has 96 valence electrons. The van der Waals surface area contributed by atoms with Crippen LogP contribution in [0.3, 0.4) is 0 Å². The van der Waals surface area contributed by atoms with Crippen molar-refractivity contribution in [1.82, 2.24) is 20.2 Å². The Hall–Kier alpha value is -1.77. The Morgan fingerprint density at radius 3 is 2.89 bits per heavy atom. The van der Waals surface area contributed by atoms with Crippen molar-refractivity contribution in [3.05, 3.63) is 17.2 Å². The van der Waals surface area contributed by atoms with Crippen LogP contribution in [0, 0.1) is 0 Å². The Labute approximate surface area is 106 Å². The van der Waals surface area contributed by atoms with Crippen molar-refractivity contribution in [2.24, 2.45) is 5.73 Å². The van der Waals surface area contributed by atoms with Gasteiger partial charge in [0, 0.05) is 0 Å². The van der Waals surface area contributed by atoms with Gasteiger partial charge in [0.25, 0.3) is 0 Å². The zero-order chi connectivity index (χ0) is 13.3. The molecule has 2 rings (SSSR count). The van der Waals surface area contributed by atoms with Crippen LogP contribution in [0.4, 0.5) is 0 Å². The Bertz CT molecular complexity index is 587. The minimum atomic E-state index is -1.38. The van der Waals surface area contributed by atoms with E-state index in [1.165, 1.54) is 6.33 Å². The van der Waals surface area contributed by atoms with Crippen molar-refractivity contribution in [2.75, 3.05) is 0 Å². The SMILES string of the molecule is NC(=O)CC(O)C(O)c1[nH]nc2ncnc(Cl)c12. The zero-order valence-corrected chi connectivity index (χ0v) is 9.79. The number of hydrogen-bond donors (Lipinski definition) is 4. The van der Waals surface area contributed by atoms with Gasteiger partial charge in [-0.1, -0.05) is 11.6 Å². The number of primary amides is 1. The lowest BCUT2D eigenvalue weighted by Crippen LogP contribution is -2.26. The number of carbonyl (C=O) groups excluding carboxylic acids is 1. The van der Waals surface area contributed by atoms with Crippen molar-refractivity contribution >= 4 is 28.5 Å². The molecule has 0 saturated carbocycles. The maximum absolute atomic E-state index is 10.7. The van der Waals surface area contributed by atoms with Crippen LogP contribution in [0.2, 0.25) is 5.15 Å². The third kappa shape index (κ3) is 2.26. The highest BCUT2D eigenvalue weighted by Crippen LogP contribution is 2.28. The summed E-state index contributed by atoms with van der Waals surface area (Å²) in [6.07, 6.45) is -1.90. The van der Waals surface area contributed by atoms with Crippen molar-refractivity contribution in [3.63, 3.8) is 0 Å². The van der Waals surface area contributed by atoms with E-state index >= 15 is 0 Å². The van der Waals surface area contributed by atoms with Crippen molar-refractivity contribution in [3.8, 4) is 0 Å². The van der Waals surface area contributed by atoms with Crippen LogP contribution in [0.5, 0.6) is 0 Å². The first-order valence-electron chi connectivity index (χ1n) is 4.99. The highest BCUT2D eigenvalue weighted by molar-refractivity contribution is 6.34. The van der Waals surface area contributed by atoms with E-state index in [-0.39, 0.29) is 22.9 Å². The molecule has 0 aliphatic rings. The fraction of sp³-hybridized carbons (Fsp3) is 0.333. The van der Waals surface area contributed by atoms with E-state index in [1.54, 1.807) is 0 Å². The Kier molecular flexibility index (Phi) is 3.41. The predicted octanol–water partition coefficient (Wildman–Crippen LogP) is -0.724. The molecule has 2 unspecified atom stereocenters. The van der Waals surface area contributed by atoms with Gasteiger partial charge < -0.3 is 15.9 Å². The van der Waals surface area contributed by atoms with Crippen LogP contribution >= 0.6 is 11.6 Å². The number of aromatic nitrogens is 4. The molecule has 0 bridgehead atoms. The molecule has 0 saturated heterocycles. The second-order valence-corrected chi connectivity index (χ2v) is 4.04. The van der Waals surface area contributed by atoms with Gasteiger partial charge in [0.15, 0.2) is 5.65 Å². The lowest BCUT2D eigenvalue weighted by molar-refractivity contribution is -0.121. The van der Waals surface area contributed by atoms with Crippen LogP contribution in [0.1, 0.15) is 18.2 Å². The molecular weight excluding hydrogens is 262 g/mol. The van der Waals surface area contributed by atoms with Gasteiger partial charge in [-0.05, 0) is 0 Å². The van der Waals surface area contributed by atoms with Crippen molar-refractivity contribution in [2.45, 2.75) is 18.6 Å². The molecule has 2 aromatic rings. The van der Waals surface area contributed by atoms with Gasteiger partial charge in [0.1, 0.15) is 17.6 Å². The molecular formula is C9H10ClN5O3. The van der Waals surface area contributed by atoms with Gasteiger partial charge in [-0.15, -0.1) is 0 Å². The van der Waals surface area contributed by atoms with Gasteiger partial charge >= 0.3 is 0 Å². The fourth-order valence-electron chi connectivity index (χ4n) is 1.57. The quantitative estimate of drug-likeness (QED) is 0.541. The minimum absolute atomic E-state index is 0.0917. The van der Waals surface area contributed by atoms with Crippen molar-refractivity contribution < 1.29 is 15.0 Å². The van der Waals surface area contributed by atoms with E-state index in [1.807, 2.05) is 0 Å². The number of aliphatic hydroxyl groups excluding tert-OH is 2. The van der Waals surface area contributed by atoms with Gasteiger partial charge in [0.2, 0.25) is 5.91 Å². The average molecular weight is 272 g/mol. The molecule has 2 aromatic heterocycles. The highest BCUT2D eigenvalue weighted by Gasteiger charge is 2.25. The molecule has 18 heavy (non-hydrogen) atoms. The molecule has 9 heteroatoms. The summed E-state index contributed by atoms with van der Waals surface area (Å²) < 4.78 is 0. The largest absolute Gasteiger partial charge is 0.389 e. The summed E-state index contributed by atoms with van der Waals surface area (Å²) in [5.74, 6) is -0.729. The average Bonchev–Trinajstić information content (AvgIpc) is 2.72. The predicted molar refractivity (Wildman–Crippen MR) is 61.5 cm³/mol. The molecule has 0 radical (unpaired) electrons. The Morgan fingerprint density at radius 2 is 2.22 bits per heavy atom. The summed E-state index contributed by atoms with van der Waals surface area (Å²) in [6.45, 7) is 0. The standard InChI is InChI=1S/C9H10ClN5O3/c10-8-5-6(7(18)3(16)1-4(11)17)14-15-9(5)13-2-12-8/h2-3,7,16,18H,1H2,(H2,11,17)(H,12,13,14,15). The van der Waals surface area contributed by atoms with E-state index in [9.17, 15) is 15.0 Å². The number of nitrogens with one attached hydrogen (secondary N) is 1. The van der Waals surface area contributed by atoms with E-state index in [0.717, 1.165) is 0 Å². The summed E-state index contributed by atoms with van der Waals surface area (Å²) in [5.41, 5.74) is 5.34. The normalized spacial score (nSPS) is 14.6. The number of halogens is 1. The maximum atomic E-state index is 10.7. The third-order valence-corrected chi connectivity index (χ3v) is 2.69. The number of amides is 1. The number of hydrogen-bond acceptors (Lipinski definition) is 6. The number of rotatable bonds is 4. The Balaban J connectivity index is 2.39. The number of nitrogens with two attached hydrogens (primary N) is 1. The van der Waals surface area contributed by atoms with Crippen molar-refractivity contribution in [1.29, 1.82) is 0 Å². The van der Waals surface area contributed by atoms with Crippen LogP contribution in [-0.4, -0.2) is 42.4 Å². The van der Waals surface area contributed by atoms with Gasteiger partial charge in [0.05, 0.1) is 23.6 Å². The van der Waals surface area contributed by atoms with Gasteiger partial charge in [-0.2, -0.15) is 5.10 Å². The highest BCUT2D eigenvalue weighted by atomic mass is 35.5. The number of fused-ring (bicyclic) bond motifs is 1. The molecule has 0 aliphatic carbocycles. The number of aliphatic hydroxyl groups is 2. The molecule has 0 spiro atoms. The molecule has 8 nitrogen and oxygen atoms in total. The van der Waals surface area contributed by atoms with Gasteiger partial charge in [-0.25, -0.2) is 9.97 Å². The molecule has 1 amide bonds. The molecule has 2 atom stereocenters. The lowest BCUT2D eigenvalue weighted by Gasteiger charge is -2.15. The summed E-state index contributed by atoms with van der Waals surface area (Å²) >= 11 is 5.86. The second-order valence-electron chi connectivity index (χ2n) is 3.68. The number of H-pyrrole nitrogens is 1. The number of nitrogens with zero attached hydrogens (tertiary/aromatic N) is 3. The van der Waals surface area contributed by atoms with E-state index in [4.69, 9.17) is 17.3 Å². The monoisotopic (exact) mass is 271 g/mol. The molecule has 5 N–H and O–H groups in total. The third-order valence-electron chi connectivity index (χ3n) is 2.40. The molecule has 2 heterocycles. The second kappa shape index (κ2) is 4.84. The smallest absolute Gasteiger partial charge is 0.220 e. The van der Waals surface area contributed by atoms with Crippen LogP contribution in [-0.2, 0) is 4.79 Å². The van der Waals surface area contributed by atoms with E-state index < -0.39 is 18.1 Å². The Morgan fingerprint density at radius 1 is 1.50 bits per heavy atom. The summed E-state index contributed by atoms with van der Waals surface area (Å²) in [5, 5.41) is 26.3. The first-order chi connectivity index (χ1) is 8.50. The minimum Gasteiger partial charge on any atom is -0.389 e. The fourth-order valence-corrected chi connectivity index (χ4v) is 1.80. The van der Waals surface area contributed by atoms with Gasteiger partial charge in [-0.3, -0.25) is 9.89 Å².